The second kappa shape index (κ2) is 7.33. The third-order valence-corrected chi connectivity index (χ3v) is 2.26. The first-order chi connectivity index (χ1) is 6.99. The molecule has 0 heterocycles. The molecule has 0 bridgehead atoms. The van der Waals surface area contributed by atoms with Crippen LogP contribution < -0.4 is 0 Å². The molecule has 15 heavy (non-hydrogen) atoms. The SMILES string of the molecule is CCCCOC(=O)N(C)SN(C)C(=O)F. The zero-order chi connectivity index (χ0) is 11.8. The number of unbranched alkanes of at least 4 members (excludes halogenated alkanes) is 1. The molecule has 0 aromatic rings. The van der Waals surface area contributed by atoms with Crippen molar-refractivity contribution in [2.24, 2.45) is 0 Å². The predicted molar refractivity (Wildman–Crippen MR) is 55.9 cm³/mol. The molecule has 0 aliphatic rings. The summed E-state index contributed by atoms with van der Waals surface area (Å²) < 4.78 is 18.7. The Morgan fingerprint density at radius 3 is 2.40 bits per heavy atom. The average Bonchev–Trinajstić information content (AvgIpc) is 2.17. The normalized spacial score (nSPS) is 9.60. The van der Waals surface area contributed by atoms with Gasteiger partial charge in [0, 0.05) is 14.1 Å². The lowest BCUT2D eigenvalue weighted by atomic mass is 10.4. The van der Waals surface area contributed by atoms with Crippen LogP contribution in [-0.4, -0.2) is 41.6 Å². The predicted octanol–water partition coefficient (Wildman–Crippen LogP) is 2.44. The van der Waals surface area contributed by atoms with Gasteiger partial charge < -0.3 is 4.74 Å². The minimum Gasteiger partial charge on any atom is -0.449 e. The summed E-state index contributed by atoms with van der Waals surface area (Å²) in [6, 6.07) is 0. The van der Waals surface area contributed by atoms with Crippen LogP contribution in [0.25, 0.3) is 0 Å². The second-order valence-corrected chi connectivity index (χ2v) is 4.06. The van der Waals surface area contributed by atoms with Crippen LogP contribution in [0.5, 0.6) is 0 Å². The number of hydrogen-bond donors (Lipinski definition) is 0. The maximum atomic E-state index is 12.1. The van der Waals surface area contributed by atoms with Crippen LogP contribution in [-0.2, 0) is 4.74 Å². The molecule has 7 heteroatoms. The number of rotatable bonds is 5. The molecule has 0 atom stereocenters. The van der Waals surface area contributed by atoms with Crippen molar-refractivity contribution in [3.63, 3.8) is 0 Å². The topological polar surface area (TPSA) is 49.9 Å². The summed E-state index contributed by atoms with van der Waals surface area (Å²) in [4.78, 5) is 21.4. The van der Waals surface area contributed by atoms with Gasteiger partial charge in [-0.2, -0.15) is 0 Å². The van der Waals surface area contributed by atoms with Crippen molar-refractivity contribution >= 4 is 24.4 Å². The molecule has 0 spiro atoms. The lowest BCUT2D eigenvalue weighted by Crippen LogP contribution is -2.27. The minimum absolute atomic E-state index is 0.327. The number of ether oxygens (including phenoxy) is 1. The molecule has 0 radical (unpaired) electrons. The molecule has 0 aliphatic heterocycles. The molecule has 0 fully saturated rings. The molecular weight excluding hydrogens is 223 g/mol. The number of hydrogen-bond acceptors (Lipinski definition) is 4. The molecule has 0 unspecified atom stereocenters. The third-order valence-electron chi connectivity index (χ3n) is 1.47. The van der Waals surface area contributed by atoms with Crippen LogP contribution in [0.4, 0.5) is 14.0 Å². The fraction of sp³-hybridized carbons (Fsp3) is 0.750. The van der Waals surface area contributed by atoms with E-state index >= 15 is 0 Å². The minimum atomic E-state index is -1.62. The second-order valence-electron chi connectivity index (χ2n) is 2.80. The maximum absolute atomic E-state index is 12.1. The number of carbonyl (C=O) groups excluding carboxylic acids is 2. The van der Waals surface area contributed by atoms with E-state index in [0.29, 0.717) is 23.0 Å². The van der Waals surface area contributed by atoms with Gasteiger partial charge >= 0.3 is 12.3 Å². The van der Waals surface area contributed by atoms with E-state index in [0.717, 1.165) is 17.1 Å². The molecule has 0 N–H and O–H groups in total. The summed E-state index contributed by atoms with van der Waals surface area (Å²) in [6.45, 7) is 2.30. The van der Waals surface area contributed by atoms with Gasteiger partial charge in [-0.3, -0.25) is 0 Å². The Bertz CT molecular complexity index is 228. The van der Waals surface area contributed by atoms with Crippen molar-refractivity contribution < 1.29 is 18.7 Å². The summed E-state index contributed by atoms with van der Waals surface area (Å²) in [6.07, 6.45) is -0.510. The van der Waals surface area contributed by atoms with Gasteiger partial charge in [0.05, 0.1) is 18.7 Å². The monoisotopic (exact) mass is 238 g/mol. The van der Waals surface area contributed by atoms with Gasteiger partial charge in [0.15, 0.2) is 0 Å². The Morgan fingerprint density at radius 1 is 1.33 bits per heavy atom. The zero-order valence-electron chi connectivity index (χ0n) is 9.03. The Balaban J connectivity index is 3.83. The molecule has 0 saturated heterocycles. The highest BCUT2D eigenvalue weighted by Crippen LogP contribution is 2.14. The van der Waals surface area contributed by atoms with Gasteiger partial charge in [0.2, 0.25) is 0 Å². The van der Waals surface area contributed by atoms with Crippen molar-refractivity contribution in [2.45, 2.75) is 19.8 Å². The first-order valence-corrected chi connectivity index (χ1v) is 5.23. The first-order valence-electron chi connectivity index (χ1n) is 4.50. The van der Waals surface area contributed by atoms with Crippen molar-refractivity contribution in [3.8, 4) is 0 Å². The number of halogens is 1. The summed E-state index contributed by atoms with van der Waals surface area (Å²) in [5.74, 6) is 0. The number of nitrogens with zero attached hydrogens (tertiary/aromatic N) is 2. The Morgan fingerprint density at radius 2 is 1.93 bits per heavy atom. The molecular formula is C8H15FN2O3S. The standard InChI is InChI=1S/C8H15FN2O3S/c1-4-5-6-14-8(13)11(3)15-10(2)7(9)12/h4-6H2,1-3H3. The van der Waals surface area contributed by atoms with Crippen LogP contribution in [0.3, 0.4) is 0 Å². The quantitative estimate of drug-likeness (QED) is 0.319. The largest absolute Gasteiger partial charge is 0.449 e. The molecule has 0 aliphatic carbocycles. The van der Waals surface area contributed by atoms with Crippen molar-refractivity contribution in [3.05, 3.63) is 0 Å². The lowest BCUT2D eigenvalue weighted by Gasteiger charge is -2.19. The Kier molecular flexibility index (Phi) is 6.85. The molecule has 0 aromatic heterocycles. The molecule has 88 valence electrons. The average molecular weight is 238 g/mol. The van der Waals surface area contributed by atoms with Gasteiger partial charge in [0.25, 0.3) is 0 Å². The lowest BCUT2D eigenvalue weighted by molar-refractivity contribution is 0.130. The van der Waals surface area contributed by atoms with E-state index in [1.807, 2.05) is 6.92 Å². The Labute approximate surface area is 92.8 Å². The van der Waals surface area contributed by atoms with Crippen molar-refractivity contribution in [1.82, 2.24) is 8.61 Å². The van der Waals surface area contributed by atoms with Crippen LogP contribution >= 0.6 is 12.1 Å². The first kappa shape index (κ1) is 14.0. The van der Waals surface area contributed by atoms with Crippen LogP contribution in [0.15, 0.2) is 0 Å². The summed E-state index contributed by atoms with van der Waals surface area (Å²) in [5, 5.41) is 0. The zero-order valence-corrected chi connectivity index (χ0v) is 9.84. The molecule has 0 aromatic carbocycles. The smallest absolute Gasteiger partial charge is 0.420 e. The summed E-state index contributed by atoms with van der Waals surface area (Å²) >= 11 is 0.641. The molecule has 0 saturated carbocycles. The van der Waals surface area contributed by atoms with E-state index < -0.39 is 12.3 Å². The maximum Gasteiger partial charge on any atom is 0.420 e. The van der Waals surface area contributed by atoms with E-state index in [1.165, 1.54) is 14.1 Å². The summed E-state index contributed by atoms with van der Waals surface area (Å²) in [7, 11) is 2.63. The number of amides is 2. The number of carbonyl (C=O) groups is 2. The summed E-state index contributed by atoms with van der Waals surface area (Å²) in [5.41, 5.74) is 0. The van der Waals surface area contributed by atoms with E-state index in [2.05, 4.69) is 0 Å². The molecule has 5 nitrogen and oxygen atoms in total. The fourth-order valence-electron chi connectivity index (χ4n) is 0.644. The Hall–Kier alpha value is -0.980. The van der Waals surface area contributed by atoms with Gasteiger partial charge in [-0.25, -0.2) is 18.2 Å². The van der Waals surface area contributed by atoms with Gasteiger partial charge in [-0.1, -0.05) is 13.3 Å². The highest BCUT2D eigenvalue weighted by Gasteiger charge is 2.16. The van der Waals surface area contributed by atoms with Crippen LogP contribution in [0.1, 0.15) is 19.8 Å². The molecule has 0 rings (SSSR count). The molecule has 2 amide bonds. The van der Waals surface area contributed by atoms with E-state index in [1.54, 1.807) is 0 Å². The van der Waals surface area contributed by atoms with E-state index in [4.69, 9.17) is 4.74 Å². The van der Waals surface area contributed by atoms with Gasteiger partial charge in [0.1, 0.15) is 0 Å². The third kappa shape index (κ3) is 6.16. The van der Waals surface area contributed by atoms with Crippen LogP contribution in [0.2, 0.25) is 0 Å². The highest BCUT2D eigenvalue weighted by atomic mass is 32.2. The van der Waals surface area contributed by atoms with Crippen molar-refractivity contribution in [1.29, 1.82) is 0 Å². The highest BCUT2D eigenvalue weighted by molar-refractivity contribution is 7.95. The van der Waals surface area contributed by atoms with Crippen molar-refractivity contribution in [2.75, 3.05) is 20.7 Å². The van der Waals surface area contributed by atoms with Crippen LogP contribution in [0, 0.1) is 0 Å². The van der Waals surface area contributed by atoms with E-state index in [9.17, 15) is 14.0 Å². The van der Waals surface area contributed by atoms with E-state index in [-0.39, 0.29) is 0 Å². The fourth-order valence-corrected chi connectivity index (χ4v) is 1.19. The van der Waals surface area contributed by atoms with Gasteiger partial charge in [-0.15, -0.1) is 4.39 Å². The van der Waals surface area contributed by atoms with Gasteiger partial charge in [-0.05, 0) is 6.42 Å².